The van der Waals surface area contributed by atoms with Crippen LogP contribution in [0.3, 0.4) is 0 Å². The van der Waals surface area contributed by atoms with Crippen LogP contribution in [0.5, 0.6) is 0 Å². The largest absolute Gasteiger partial charge is 0.384 e. The van der Waals surface area contributed by atoms with Gasteiger partial charge in [-0.15, -0.1) is 0 Å². The fourth-order valence-electron chi connectivity index (χ4n) is 3.71. The number of aromatic nitrogens is 2. The van der Waals surface area contributed by atoms with Crippen molar-refractivity contribution in [3.63, 3.8) is 0 Å². The smallest absolute Gasteiger partial charge is 0.248 e. The van der Waals surface area contributed by atoms with Crippen LogP contribution in [0, 0.1) is 5.92 Å². The lowest BCUT2D eigenvalue weighted by Crippen LogP contribution is -2.41. The first kappa shape index (κ1) is 17.4. The van der Waals surface area contributed by atoms with Crippen LogP contribution in [0.2, 0.25) is 0 Å². The standard InChI is InChI=1S/C17H27N3O4/c1-22-11-15-10-19(16(21)12-23-2)9-14-7-18-20(17(14)15)8-13-3-5-24-6-4-13/h7,13,15H,3-6,8-12H2,1-2H3/t15-/m1/s1. The van der Waals surface area contributed by atoms with Crippen molar-refractivity contribution >= 4 is 5.91 Å². The van der Waals surface area contributed by atoms with E-state index in [1.807, 2.05) is 11.1 Å². The molecule has 0 aliphatic carbocycles. The highest BCUT2D eigenvalue weighted by Crippen LogP contribution is 2.30. The summed E-state index contributed by atoms with van der Waals surface area (Å²) in [5.41, 5.74) is 2.35. The zero-order valence-electron chi connectivity index (χ0n) is 14.6. The lowest BCUT2D eigenvalue weighted by molar-refractivity contribution is -0.136. The number of methoxy groups -OCH3 is 2. The molecule has 0 radical (unpaired) electrons. The van der Waals surface area contributed by atoms with E-state index in [2.05, 4.69) is 9.78 Å². The highest BCUT2D eigenvalue weighted by Gasteiger charge is 2.32. The fraction of sp³-hybridized carbons (Fsp3) is 0.765. The van der Waals surface area contributed by atoms with Crippen LogP contribution >= 0.6 is 0 Å². The summed E-state index contributed by atoms with van der Waals surface area (Å²) in [4.78, 5) is 14.0. The first-order valence-corrected chi connectivity index (χ1v) is 8.61. The molecule has 1 aromatic heterocycles. The van der Waals surface area contributed by atoms with Gasteiger partial charge in [0.2, 0.25) is 5.91 Å². The number of nitrogens with zero attached hydrogens (tertiary/aromatic N) is 3. The molecule has 3 heterocycles. The lowest BCUT2D eigenvalue weighted by atomic mass is 9.95. The average Bonchev–Trinajstić information content (AvgIpc) is 2.99. The number of hydrogen-bond acceptors (Lipinski definition) is 5. The van der Waals surface area contributed by atoms with E-state index in [1.54, 1.807) is 14.2 Å². The Morgan fingerprint density at radius 1 is 1.33 bits per heavy atom. The van der Waals surface area contributed by atoms with E-state index in [-0.39, 0.29) is 18.4 Å². The maximum atomic E-state index is 12.2. The Balaban J connectivity index is 1.77. The molecule has 2 aliphatic rings. The quantitative estimate of drug-likeness (QED) is 0.776. The van der Waals surface area contributed by atoms with Crippen molar-refractivity contribution in [2.45, 2.75) is 31.8 Å². The molecule has 3 rings (SSSR count). The minimum Gasteiger partial charge on any atom is -0.384 e. The molecule has 0 bridgehead atoms. The molecule has 1 amide bonds. The predicted octanol–water partition coefficient (Wildman–Crippen LogP) is 1.03. The van der Waals surface area contributed by atoms with Crippen molar-refractivity contribution < 1.29 is 19.0 Å². The van der Waals surface area contributed by atoms with Crippen molar-refractivity contribution in [3.05, 3.63) is 17.5 Å². The summed E-state index contributed by atoms with van der Waals surface area (Å²) in [6.07, 6.45) is 4.08. The minimum atomic E-state index is 0.0152. The van der Waals surface area contributed by atoms with Gasteiger partial charge in [0.1, 0.15) is 6.61 Å². The average molecular weight is 337 g/mol. The van der Waals surface area contributed by atoms with E-state index in [1.165, 1.54) is 5.69 Å². The van der Waals surface area contributed by atoms with E-state index in [0.717, 1.165) is 38.2 Å². The van der Waals surface area contributed by atoms with Crippen LogP contribution in [0.25, 0.3) is 0 Å². The van der Waals surface area contributed by atoms with E-state index < -0.39 is 0 Å². The van der Waals surface area contributed by atoms with Crippen molar-refractivity contribution in [2.24, 2.45) is 5.92 Å². The van der Waals surface area contributed by atoms with Gasteiger partial charge in [0.05, 0.1) is 18.5 Å². The van der Waals surface area contributed by atoms with Crippen LogP contribution in [-0.4, -0.2) is 67.8 Å². The molecule has 2 aliphatic heterocycles. The Morgan fingerprint density at radius 2 is 2.12 bits per heavy atom. The van der Waals surface area contributed by atoms with Crippen LogP contribution in [-0.2, 0) is 32.1 Å². The summed E-state index contributed by atoms with van der Waals surface area (Å²) in [6, 6.07) is 0. The molecule has 7 heteroatoms. The molecule has 0 N–H and O–H groups in total. The Morgan fingerprint density at radius 3 is 2.83 bits per heavy atom. The third-order valence-electron chi connectivity index (χ3n) is 4.91. The number of rotatable bonds is 6. The molecular weight excluding hydrogens is 310 g/mol. The van der Waals surface area contributed by atoms with Gasteiger partial charge >= 0.3 is 0 Å². The second kappa shape index (κ2) is 8.09. The molecule has 1 aromatic rings. The third kappa shape index (κ3) is 3.79. The zero-order valence-corrected chi connectivity index (χ0v) is 14.6. The molecule has 1 fully saturated rings. The number of carbonyl (C=O) groups excluding carboxylic acids is 1. The molecule has 0 aromatic carbocycles. The van der Waals surface area contributed by atoms with Crippen molar-refractivity contribution in [1.29, 1.82) is 0 Å². The van der Waals surface area contributed by atoms with E-state index in [0.29, 0.717) is 25.6 Å². The SMILES string of the molecule is COCC(=O)N1Cc2cnn(CC3CCOCC3)c2[C@@H](COC)C1. The number of amides is 1. The van der Waals surface area contributed by atoms with Gasteiger partial charge < -0.3 is 19.1 Å². The van der Waals surface area contributed by atoms with Gasteiger partial charge in [0, 0.05) is 58.5 Å². The summed E-state index contributed by atoms with van der Waals surface area (Å²) in [6.45, 7) is 4.57. The Labute approximate surface area is 142 Å². The third-order valence-corrected chi connectivity index (χ3v) is 4.91. The predicted molar refractivity (Wildman–Crippen MR) is 87.7 cm³/mol. The second-order valence-electron chi connectivity index (χ2n) is 6.65. The molecule has 0 unspecified atom stereocenters. The molecule has 24 heavy (non-hydrogen) atoms. The van der Waals surface area contributed by atoms with Gasteiger partial charge in [0.25, 0.3) is 0 Å². The number of fused-ring (bicyclic) bond motifs is 1. The maximum Gasteiger partial charge on any atom is 0.248 e. The van der Waals surface area contributed by atoms with Crippen LogP contribution in [0.15, 0.2) is 6.20 Å². The molecule has 0 spiro atoms. The monoisotopic (exact) mass is 337 g/mol. The number of ether oxygens (including phenoxy) is 3. The number of hydrogen-bond donors (Lipinski definition) is 0. The van der Waals surface area contributed by atoms with Crippen LogP contribution in [0.1, 0.15) is 30.0 Å². The van der Waals surface area contributed by atoms with Gasteiger partial charge in [-0.2, -0.15) is 5.10 Å². The molecule has 7 nitrogen and oxygen atoms in total. The fourth-order valence-corrected chi connectivity index (χ4v) is 3.71. The van der Waals surface area contributed by atoms with Crippen molar-refractivity contribution in [3.8, 4) is 0 Å². The van der Waals surface area contributed by atoms with Gasteiger partial charge in [-0.05, 0) is 18.8 Å². The highest BCUT2D eigenvalue weighted by molar-refractivity contribution is 5.77. The molecule has 134 valence electrons. The van der Waals surface area contributed by atoms with Crippen molar-refractivity contribution in [2.75, 3.05) is 47.2 Å². The maximum absolute atomic E-state index is 12.2. The Kier molecular flexibility index (Phi) is 5.86. The van der Waals surface area contributed by atoms with Crippen LogP contribution in [0.4, 0.5) is 0 Å². The summed E-state index contributed by atoms with van der Waals surface area (Å²) < 4.78 is 18.0. The normalized spacial score (nSPS) is 21.8. The topological polar surface area (TPSA) is 65.8 Å². The van der Waals surface area contributed by atoms with Crippen LogP contribution < -0.4 is 0 Å². The van der Waals surface area contributed by atoms with E-state index in [4.69, 9.17) is 14.2 Å². The molecule has 1 saturated heterocycles. The van der Waals surface area contributed by atoms with Gasteiger partial charge in [0.15, 0.2) is 0 Å². The van der Waals surface area contributed by atoms with Gasteiger partial charge in [-0.25, -0.2) is 0 Å². The Hall–Kier alpha value is -1.44. The molecule has 1 atom stereocenters. The first-order valence-electron chi connectivity index (χ1n) is 8.61. The Bertz CT molecular complexity index is 554. The zero-order chi connectivity index (χ0) is 16.9. The van der Waals surface area contributed by atoms with Gasteiger partial charge in [-0.3, -0.25) is 9.48 Å². The first-order chi connectivity index (χ1) is 11.7. The summed E-state index contributed by atoms with van der Waals surface area (Å²) in [5, 5.41) is 4.62. The molecular formula is C17H27N3O4. The van der Waals surface area contributed by atoms with Crippen molar-refractivity contribution in [1.82, 2.24) is 14.7 Å². The summed E-state index contributed by atoms with van der Waals surface area (Å²) in [7, 11) is 3.25. The van der Waals surface area contributed by atoms with E-state index >= 15 is 0 Å². The minimum absolute atomic E-state index is 0.0152. The lowest BCUT2D eigenvalue weighted by Gasteiger charge is -2.33. The summed E-state index contributed by atoms with van der Waals surface area (Å²) in [5.74, 6) is 0.780. The highest BCUT2D eigenvalue weighted by atomic mass is 16.5. The second-order valence-corrected chi connectivity index (χ2v) is 6.65. The van der Waals surface area contributed by atoms with Gasteiger partial charge in [-0.1, -0.05) is 0 Å². The summed E-state index contributed by atoms with van der Waals surface area (Å²) >= 11 is 0. The number of carbonyl (C=O) groups is 1. The molecule has 0 saturated carbocycles. The van der Waals surface area contributed by atoms with E-state index in [9.17, 15) is 4.79 Å².